The van der Waals surface area contributed by atoms with E-state index >= 15 is 0 Å². The van der Waals surface area contributed by atoms with Gasteiger partial charge in [0.2, 0.25) is 0 Å². The van der Waals surface area contributed by atoms with E-state index in [1.165, 1.54) is 12.1 Å². The zero-order valence-electron chi connectivity index (χ0n) is 5.78. The number of hydrogen-bond acceptors (Lipinski definition) is 2. The van der Waals surface area contributed by atoms with Gasteiger partial charge in [0.25, 0.3) is 0 Å². The van der Waals surface area contributed by atoms with Crippen molar-refractivity contribution in [3.8, 4) is 0 Å². The van der Waals surface area contributed by atoms with Crippen LogP contribution < -0.4 is 3.51 Å². The van der Waals surface area contributed by atoms with E-state index in [9.17, 15) is 10.1 Å². The molecule has 0 radical (unpaired) electrons. The van der Waals surface area contributed by atoms with Crippen molar-refractivity contribution in [1.29, 1.82) is 0 Å². The third kappa shape index (κ3) is 2.51. The zero-order valence-corrected chi connectivity index (χ0v) is 9.84. The van der Waals surface area contributed by atoms with Crippen LogP contribution in [0.2, 0.25) is 0 Å². The van der Waals surface area contributed by atoms with Gasteiger partial charge in [0.1, 0.15) is 0 Å². The summed E-state index contributed by atoms with van der Waals surface area (Å²) in [6.07, 6.45) is 0. The average molecular weight is 315 g/mol. The van der Waals surface area contributed by atoms with E-state index in [-0.39, 0.29) is 5.69 Å². The summed E-state index contributed by atoms with van der Waals surface area (Å²) >= 11 is -2.25. The van der Waals surface area contributed by atoms with E-state index in [4.69, 9.17) is 17.7 Å². The van der Waals surface area contributed by atoms with Crippen molar-refractivity contribution in [2.24, 2.45) is 0 Å². The van der Waals surface area contributed by atoms with Gasteiger partial charge in [-0.05, 0) is 0 Å². The molecule has 0 aromatic heterocycles. The molecule has 0 unspecified atom stereocenters. The molecule has 0 amide bonds. The standard InChI is InChI=1S/C6H4NO2.2ClH.Sb/c8-7(9)6-4-2-1-3-5-6;;;/h2-5H;2*1H;/q;;;+2/p-2. The van der Waals surface area contributed by atoms with E-state index in [0.717, 1.165) is 3.51 Å². The Kier molecular flexibility index (Phi) is 3.63. The van der Waals surface area contributed by atoms with Crippen LogP contribution in [0, 0.1) is 10.1 Å². The predicted molar refractivity (Wildman–Crippen MR) is 50.2 cm³/mol. The molecule has 0 saturated heterocycles. The Hall–Kier alpha value is 0.0182. The molecule has 12 heavy (non-hydrogen) atoms. The second kappa shape index (κ2) is 4.31. The first kappa shape index (κ1) is 10.1. The Morgan fingerprint density at radius 2 is 1.75 bits per heavy atom. The zero-order chi connectivity index (χ0) is 9.14. The minimum absolute atomic E-state index is 0.0643. The molecule has 0 heterocycles. The summed E-state index contributed by atoms with van der Waals surface area (Å²) in [6, 6.07) is 6.05. The molecule has 0 saturated carbocycles. The first-order valence-corrected chi connectivity index (χ1v) is 10.7. The van der Waals surface area contributed by atoms with Crippen molar-refractivity contribution in [1.82, 2.24) is 0 Å². The van der Waals surface area contributed by atoms with Gasteiger partial charge in [0, 0.05) is 0 Å². The van der Waals surface area contributed by atoms with Crippen LogP contribution in [0.25, 0.3) is 0 Å². The summed E-state index contributed by atoms with van der Waals surface area (Å²) < 4.78 is 0.840. The third-order valence-corrected chi connectivity index (χ3v) is 5.84. The molecule has 0 aliphatic carbocycles. The second-order valence-electron chi connectivity index (χ2n) is 2.01. The molecule has 1 rings (SSSR count). The molecular weight excluding hydrogens is 311 g/mol. The van der Waals surface area contributed by atoms with Gasteiger partial charge in [-0.2, -0.15) is 0 Å². The molecular formula is C6H4Cl2NO2Sb. The fourth-order valence-electron chi connectivity index (χ4n) is 0.687. The van der Waals surface area contributed by atoms with Crippen LogP contribution in [0.5, 0.6) is 0 Å². The number of non-ortho nitro benzene ring substituents is 1. The molecule has 0 atom stereocenters. The third-order valence-electron chi connectivity index (χ3n) is 1.26. The van der Waals surface area contributed by atoms with Crippen molar-refractivity contribution in [3.63, 3.8) is 0 Å². The van der Waals surface area contributed by atoms with Crippen molar-refractivity contribution >= 4 is 44.8 Å². The van der Waals surface area contributed by atoms with Crippen molar-refractivity contribution in [2.45, 2.75) is 0 Å². The van der Waals surface area contributed by atoms with E-state index in [1.807, 2.05) is 0 Å². The van der Waals surface area contributed by atoms with Gasteiger partial charge in [-0.1, -0.05) is 0 Å². The number of nitro benzene ring substituents is 1. The first-order valence-electron chi connectivity index (χ1n) is 2.97. The Bertz CT molecular complexity index is 288. The van der Waals surface area contributed by atoms with Crippen LogP contribution in [-0.4, -0.2) is 22.8 Å². The average Bonchev–Trinajstić information content (AvgIpc) is 2.04. The SMILES string of the molecule is O=[N+]([O-])c1cc[c]([Sb]([Cl])[Cl])cc1. The summed E-state index contributed by atoms with van der Waals surface area (Å²) in [6.45, 7) is 0. The fraction of sp³-hybridized carbons (Fsp3) is 0. The van der Waals surface area contributed by atoms with E-state index in [0.29, 0.717) is 0 Å². The number of benzene rings is 1. The van der Waals surface area contributed by atoms with Gasteiger partial charge in [0.15, 0.2) is 0 Å². The Morgan fingerprint density at radius 1 is 1.25 bits per heavy atom. The Morgan fingerprint density at radius 3 is 2.08 bits per heavy atom. The number of nitrogens with zero attached hydrogens (tertiary/aromatic N) is 1. The van der Waals surface area contributed by atoms with Crippen LogP contribution in [-0.2, 0) is 0 Å². The van der Waals surface area contributed by atoms with Gasteiger partial charge in [-0.25, -0.2) is 0 Å². The summed E-state index contributed by atoms with van der Waals surface area (Å²) in [5.41, 5.74) is 0.0643. The van der Waals surface area contributed by atoms with E-state index < -0.39 is 22.8 Å². The topological polar surface area (TPSA) is 43.1 Å². The molecule has 3 nitrogen and oxygen atoms in total. The van der Waals surface area contributed by atoms with Crippen molar-refractivity contribution in [2.75, 3.05) is 0 Å². The second-order valence-corrected chi connectivity index (χ2v) is 10.5. The van der Waals surface area contributed by atoms with Crippen LogP contribution >= 0.6 is 17.7 Å². The molecule has 6 heteroatoms. The van der Waals surface area contributed by atoms with Gasteiger partial charge in [-0.15, -0.1) is 0 Å². The number of halogens is 2. The maximum absolute atomic E-state index is 10.2. The van der Waals surface area contributed by atoms with Gasteiger partial charge in [0.05, 0.1) is 0 Å². The Balaban J connectivity index is 2.93. The van der Waals surface area contributed by atoms with Crippen molar-refractivity contribution < 1.29 is 4.92 Å². The summed E-state index contributed by atoms with van der Waals surface area (Å²) in [5, 5.41) is 10.2. The van der Waals surface area contributed by atoms with Crippen LogP contribution in [0.15, 0.2) is 24.3 Å². The van der Waals surface area contributed by atoms with Crippen LogP contribution in [0.1, 0.15) is 0 Å². The molecule has 1 aromatic rings. The molecule has 1 aromatic carbocycles. The molecule has 0 aliphatic rings. The van der Waals surface area contributed by atoms with Gasteiger partial charge < -0.3 is 0 Å². The fourth-order valence-corrected chi connectivity index (χ4v) is 3.27. The predicted octanol–water partition coefficient (Wildman–Crippen LogP) is 1.77. The molecule has 0 spiro atoms. The number of nitro groups is 1. The first-order chi connectivity index (χ1) is 5.61. The monoisotopic (exact) mass is 313 g/mol. The van der Waals surface area contributed by atoms with Crippen LogP contribution in [0.3, 0.4) is 0 Å². The van der Waals surface area contributed by atoms with Crippen LogP contribution in [0.4, 0.5) is 5.69 Å². The summed E-state index contributed by atoms with van der Waals surface area (Å²) in [5.74, 6) is 0. The number of rotatable bonds is 2. The van der Waals surface area contributed by atoms with E-state index in [1.54, 1.807) is 12.1 Å². The quantitative estimate of drug-likeness (QED) is 0.474. The molecule has 0 aliphatic heterocycles. The van der Waals surface area contributed by atoms with Gasteiger partial charge >= 0.3 is 84.1 Å². The van der Waals surface area contributed by atoms with Crippen molar-refractivity contribution in [3.05, 3.63) is 34.4 Å². The summed E-state index contributed by atoms with van der Waals surface area (Å²) in [4.78, 5) is 9.79. The molecule has 0 fully saturated rings. The molecule has 0 N–H and O–H groups in total. The maximum atomic E-state index is 10.2. The van der Waals surface area contributed by atoms with E-state index in [2.05, 4.69) is 0 Å². The number of hydrogen-bond donors (Lipinski definition) is 0. The Labute approximate surface area is 83.7 Å². The molecule has 0 bridgehead atoms. The molecule has 64 valence electrons. The normalized spacial score (nSPS) is 10.2. The summed E-state index contributed by atoms with van der Waals surface area (Å²) in [7, 11) is 11.4. The minimum atomic E-state index is -2.25. The van der Waals surface area contributed by atoms with Gasteiger partial charge in [-0.3, -0.25) is 0 Å².